The van der Waals surface area contributed by atoms with Crippen molar-refractivity contribution in [2.45, 2.75) is 13.0 Å². The van der Waals surface area contributed by atoms with E-state index >= 15 is 0 Å². The molecule has 0 aromatic heterocycles. The number of nitrogens with zero attached hydrogens (tertiary/aromatic N) is 1. The molecule has 3 rings (SSSR count). The van der Waals surface area contributed by atoms with Crippen molar-refractivity contribution in [1.82, 2.24) is 5.32 Å². The number of ether oxygens (including phenoxy) is 2. The maximum absolute atomic E-state index is 12.1. The van der Waals surface area contributed by atoms with Gasteiger partial charge in [0, 0.05) is 17.8 Å². The Balaban J connectivity index is 1.64. The summed E-state index contributed by atoms with van der Waals surface area (Å²) >= 11 is 0. The van der Waals surface area contributed by atoms with Gasteiger partial charge in [0.2, 0.25) is 6.79 Å². The number of amides is 2. The number of non-ortho nitro benzene ring substituents is 1. The van der Waals surface area contributed by atoms with Gasteiger partial charge in [0.15, 0.2) is 11.5 Å². The second kappa shape index (κ2) is 6.45. The Morgan fingerprint density at radius 2 is 2.00 bits per heavy atom. The number of rotatable bonds is 4. The van der Waals surface area contributed by atoms with Gasteiger partial charge >= 0.3 is 6.03 Å². The van der Waals surface area contributed by atoms with E-state index in [1.165, 1.54) is 18.2 Å². The average Bonchev–Trinajstić information content (AvgIpc) is 3.02. The van der Waals surface area contributed by atoms with E-state index in [-0.39, 0.29) is 18.5 Å². The van der Waals surface area contributed by atoms with Crippen LogP contribution in [0.4, 0.5) is 16.2 Å². The number of carbonyl (C=O) groups is 1. The molecule has 124 valence electrons. The van der Waals surface area contributed by atoms with Crippen LogP contribution in [-0.4, -0.2) is 17.7 Å². The molecule has 2 aromatic carbocycles. The maximum Gasteiger partial charge on any atom is 0.319 e. The topological polar surface area (TPSA) is 103 Å². The zero-order valence-electron chi connectivity index (χ0n) is 12.8. The predicted octanol–water partition coefficient (Wildman–Crippen LogP) is 3.21. The molecule has 1 atom stereocenters. The standard InChI is InChI=1S/C16H15N3O5/c1-10(11-5-6-14-15(7-11)24-9-23-14)17-16(20)18-12-3-2-4-13(8-12)19(21)22/h2-8,10H,9H2,1H3,(H2,17,18,20)/t10-/m1/s1. The highest BCUT2D eigenvalue weighted by atomic mass is 16.7. The Kier molecular flexibility index (Phi) is 4.19. The van der Waals surface area contributed by atoms with E-state index in [1.807, 2.05) is 13.0 Å². The van der Waals surface area contributed by atoms with Gasteiger partial charge in [0.25, 0.3) is 5.69 Å². The van der Waals surface area contributed by atoms with Gasteiger partial charge < -0.3 is 20.1 Å². The summed E-state index contributed by atoms with van der Waals surface area (Å²) in [7, 11) is 0. The van der Waals surface area contributed by atoms with Crippen molar-refractivity contribution in [2.24, 2.45) is 0 Å². The summed E-state index contributed by atoms with van der Waals surface area (Å²) in [6.07, 6.45) is 0. The van der Waals surface area contributed by atoms with Gasteiger partial charge in [-0.15, -0.1) is 0 Å². The van der Waals surface area contributed by atoms with Crippen LogP contribution in [-0.2, 0) is 0 Å². The van der Waals surface area contributed by atoms with Crippen molar-refractivity contribution in [3.05, 3.63) is 58.1 Å². The SMILES string of the molecule is C[C@@H](NC(=O)Nc1cccc([N+](=O)[O-])c1)c1ccc2c(c1)OCO2. The molecule has 0 saturated heterocycles. The van der Waals surface area contributed by atoms with Crippen LogP contribution >= 0.6 is 0 Å². The molecule has 0 spiro atoms. The summed E-state index contributed by atoms with van der Waals surface area (Å²) in [5.41, 5.74) is 1.12. The van der Waals surface area contributed by atoms with E-state index in [9.17, 15) is 14.9 Å². The number of hydrogen-bond acceptors (Lipinski definition) is 5. The molecule has 8 nitrogen and oxygen atoms in total. The first-order valence-corrected chi connectivity index (χ1v) is 7.24. The number of hydrogen-bond donors (Lipinski definition) is 2. The third kappa shape index (κ3) is 3.37. The zero-order chi connectivity index (χ0) is 17.1. The van der Waals surface area contributed by atoms with Crippen LogP contribution in [0.3, 0.4) is 0 Å². The quantitative estimate of drug-likeness (QED) is 0.662. The van der Waals surface area contributed by atoms with E-state index < -0.39 is 11.0 Å². The lowest BCUT2D eigenvalue weighted by atomic mass is 10.1. The lowest BCUT2D eigenvalue weighted by Gasteiger charge is -2.15. The van der Waals surface area contributed by atoms with Crippen LogP contribution in [0.1, 0.15) is 18.5 Å². The van der Waals surface area contributed by atoms with E-state index in [0.29, 0.717) is 17.2 Å². The van der Waals surface area contributed by atoms with Crippen LogP contribution < -0.4 is 20.1 Å². The first-order valence-electron chi connectivity index (χ1n) is 7.24. The second-order valence-corrected chi connectivity index (χ2v) is 5.24. The number of nitro benzene ring substituents is 1. The fourth-order valence-corrected chi connectivity index (χ4v) is 2.33. The summed E-state index contributed by atoms with van der Waals surface area (Å²) in [5, 5.41) is 16.1. The lowest BCUT2D eigenvalue weighted by Crippen LogP contribution is -2.31. The number of anilines is 1. The minimum absolute atomic E-state index is 0.0865. The number of fused-ring (bicyclic) bond motifs is 1. The molecule has 8 heteroatoms. The van der Waals surface area contributed by atoms with Crippen molar-refractivity contribution in [1.29, 1.82) is 0 Å². The highest BCUT2D eigenvalue weighted by Crippen LogP contribution is 2.34. The molecular weight excluding hydrogens is 314 g/mol. The molecule has 1 aliphatic heterocycles. The van der Waals surface area contributed by atoms with Gasteiger partial charge in [-0.25, -0.2) is 4.79 Å². The number of nitrogens with one attached hydrogen (secondary N) is 2. The molecule has 2 N–H and O–H groups in total. The molecule has 0 radical (unpaired) electrons. The van der Waals surface area contributed by atoms with Gasteiger partial charge in [-0.1, -0.05) is 12.1 Å². The number of urea groups is 1. The lowest BCUT2D eigenvalue weighted by molar-refractivity contribution is -0.384. The Bertz CT molecular complexity index is 793. The van der Waals surface area contributed by atoms with Gasteiger partial charge in [-0.2, -0.15) is 0 Å². The fraction of sp³-hybridized carbons (Fsp3) is 0.188. The Morgan fingerprint density at radius 1 is 1.21 bits per heavy atom. The first kappa shape index (κ1) is 15.6. The average molecular weight is 329 g/mol. The van der Waals surface area contributed by atoms with Gasteiger partial charge in [-0.3, -0.25) is 10.1 Å². The number of benzene rings is 2. The van der Waals surface area contributed by atoms with E-state index in [1.54, 1.807) is 18.2 Å². The van der Waals surface area contributed by atoms with Gasteiger partial charge in [0.1, 0.15) is 0 Å². The molecule has 24 heavy (non-hydrogen) atoms. The third-order valence-electron chi connectivity index (χ3n) is 3.56. The van der Waals surface area contributed by atoms with Gasteiger partial charge in [0.05, 0.1) is 11.0 Å². The molecule has 1 heterocycles. The van der Waals surface area contributed by atoms with Crippen molar-refractivity contribution in [3.63, 3.8) is 0 Å². The summed E-state index contributed by atoms with van der Waals surface area (Å²) in [6.45, 7) is 2.01. The van der Waals surface area contributed by atoms with Crippen molar-refractivity contribution < 1.29 is 19.2 Å². The largest absolute Gasteiger partial charge is 0.454 e. The summed E-state index contributed by atoms with van der Waals surface area (Å²) in [6, 6.07) is 10.4. The highest BCUT2D eigenvalue weighted by molar-refractivity contribution is 5.89. The molecular formula is C16H15N3O5. The van der Waals surface area contributed by atoms with Crippen molar-refractivity contribution >= 4 is 17.4 Å². The Hall–Kier alpha value is -3.29. The van der Waals surface area contributed by atoms with E-state index in [4.69, 9.17) is 9.47 Å². The molecule has 0 saturated carbocycles. The van der Waals surface area contributed by atoms with Crippen molar-refractivity contribution in [2.75, 3.05) is 12.1 Å². The Morgan fingerprint density at radius 3 is 2.79 bits per heavy atom. The zero-order valence-corrected chi connectivity index (χ0v) is 12.8. The molecule has 0 fully saturated rings. The third-order valence-corrected chi connectivity index (χ3v) is 3.56. The highest BCUT2D eigenvalue weighted by Gasteiger charge is 2.17. The molecule has 2 amide bonds. The van der Waals surface area contributed by atoms with E-state index in [0.717, 1.165) is 5.56 Å². The van der Waals surface area contributed by atoms with E-state index in [2.05, 4.69) is 10.6 Å². The van der Waals surface area contributed by atoms with Crippen LogP contribution in [0.5, 0.6) is 11.5 Å². The normalized spacial score (nSPS) is 13.2. The molecule has 1 aliphatic rings. The van der Waals surface area contributed by atoms with Crippen LogP contribution in [0, 0.1) is 10.1 Å². The molecule has 0 aliphatic carbocycles. The fourth-order valence-electron chi connectivity index (χ4n) is 2.33. The summed E-state index contributed by atoms with van der Waals surface area (Å²) in [4.78, 5) is 22.3. The first-order chi connectivity index (χ1) is 11.5. The minimum atomic E-state index is -0.516. The predicted molar refractivity (Wildman–Crippen MR) is 86.2 cm³/mol. The molecule has 2 aromatic rings. The second-order valence-electron chi connectivity index (χ2n) is 5.24. The number of carbonyl (C=O) groups excluding carboxylic acids is 1. The Labute approximate surface area is 137 Å². The maximum atomic E-state index is 12.1. The molecule has 0 unspecified atom stereocenters. The van der Waals surface area contributed by atoms with Crippen LogP contribution in [0.15, 0.2) is 42.5 Å². The smallest absolute Gasteiger partial charge is 0.319 e. The number of nitro groups is 1. The van der Waals surface area contributed by atoms with Crippen LogP contribution in [0.25, 0.3) is 0 Å². The summed E-state index contributed by atoms with van der Waals surface area (Å²) < 4.78 is 10.6. The minimum Gasteiger partial charge on any atom is -0.454 e. The van der Waals surface area contributed by atoms with Gasteiger partial charge in [-0.05, 0) is 30.7 Å². The summed E-state index contributed by atoms with van der Waals surface area (Å²) in [5.74, 6) is 1.31. The van der Waals surface area contributed by atoms with Crippen molar-refractivity contribution in [3.8, 4) is 11.5 Å². The molecule has 0 bridgehead atoms. The monoisotopic (exact) mass is 329 g/mol. The van der Waals surface area contributed by atoms with Crippen LogP contribution in [0.2, 0.25) is 0 Å².